The molecule has 6 nitrogen and oxygen atoms in total. The molecule has 6 heteroatoms. The predicted molar refractivity (Wildman–Crippen MR) is 114 cm³/mol. The van der Waals surface area contributed by atoms with Gasteiger partial charge in [0.1, 0.15) is 0 Å². The number of hydrogen-bond acceptors (Lipinski definition) is 3. The number of carbonyl (C=O) groups excluding carboxylic acids is 2. The molecule has 2 aromatic rings. The smallest absolute Gasteiger partial charge is 0.321 e. The van der Waals surface area contributed by atoms with Gasteiger partial charge in [0.25, 0.3) is 5.91 Å². The van der Waals surface area contributed by atoms with E-state index in [9.17, 15) is 9.59 Å². The number of nitrogens with zero attached hydrogens (tertiary/aromatic N) is 2. The van der Waals surface area contributed by atoms with E-state index in [4.69, 9.17) is 4.74 Å². The van der Waals surface area contributed by atoms with Crippen molar-refractivity contribution >= 4 is 17.6 Å². The second-order valence-corrected chi connectivity index (χ2v) is 7.42. The number of carbonyl (C=O) groups is 2. The van der Waals surface area contributed by atoms with Gasteiger partial charge in [-0.1, -0.05) is 36.4 Å². The Balaban J connectivity index is 1.66. The summed E-state index contributed by atoms with van der Waals surface area (Å²) in [5, 5.41) is 2.91. The largest absolute Gasteiger partial charge is 0.383 e. The summed E-state index contributed by atoms with van der Waals surface area (Å²) in [5.41, 5.74) is 2.36. The molecule has 1 atom stereocenters. The summed E-state index contributed by atoms with van der Waals surface area (Å²) in [6.07, 6.45) is 2.80. The Morgan fingerprint density at radius 3 is 2.52 bits per heavy atom. The molecule has 1 unspecified atom stereocenters. The molecule has 29 heavy (non-hydrogen) atoms. The summed E-state index contributed by atoms with van der Waals surface area (Å²) in [6.45, 7) is 2.04. The number of likely N-dealkylation sites (N-methyl/N-ethyl adjacent to an activating group) is 1. The molecule has 0 radical (unpaired) electrons. The van der Waals surface area contributed by atoms with Crippen LogP contribution in [-0.2, 0) is 11.2 Å². The first-order valence-corrected chi connectivity index (χ1v) is 10.0. The second kappa shape index (κ2) is 10.1. The Morgan fingerprint density at radius 2 is 1.83 bits per heavy atom. The molecule has 0 aromatic heterocycles. The molecular weight excluding hydrogens is 366 g/mol. The van der Waals surface area contributed by atoms with Crippen LogP contribution in [0.2, 0.25) is 0 Å². The summed E-state index contributed by atoms with van der Waals surface area (Å²) >= 11 is 0. The van der Waals surface area contributed by atoms with Crippen LogP contribution in [-0.4, -0.2) is 61.6 Å². The molecule has 3 amide bonds. The summed E-state index contributed by atoms with van der Waals surface area (Å²) in [7, 11) is 3.40. The molecule has 2 aromatic carbocycles. The standard InChI is InChI=1S/C23H29N3O3/c1-25(21(17-29-2)15-18-9-4-3-5-10-18)23(28)24-20-12-8-11-19(16-20)22(27)26-13-6-7-14-26/h3-5,8-12,16,21H,6-7,13-15,17H2,1-2H3,(H,24,28). The number of methoxy groups -OCH3 is 1. The molecule has 0 spiro atoms. The number of urea groups is 1. The third-order valence-electron chi connectivity index (χ3n) is 5.30. The summed E-state index contributed by atoms with van der Waals surface area (Å²) in [4.78, 5) is 28.9. The molecule has 0 saturated carbocycles. The fourth-order valence-corrected chi connectivity index (χ4v) is 3.60. The first kappa shape index (κ1) is 20.9. The van der Waals surface area contributed by atoms with Crippen molar-refractivity contribution in [3.8, 4) is 0 Å². The number of ether oxygens (including phenoxy) is 1. The van der Waals surface area contributed by atoms with Crippen LogP contribution in [0.25, 0.3) is 0 Å². The Labute approximate surface area is 172 Å². The average Bonchev–Trinajstić information content (AvgIpc) is 3.28. The molecule has 0 aliphatic carbocycles. The van der Waals surface area contributed by atoms with Crippen LogP contribution in [0, 0.1) is 0 Å². The monoisotopic (exact) mass is 395 g/mol. The van der Waals surface area contributed by atoms with E-state index in [1.54, 1.807) is 43.3 Å². The highest BCUT2D eigenvalue weighted by Gasteiger charge is 2.22. The van der Waals surface area contributed by atoms with E-state index in [1.165, 1.54) is 0 Å². The fraction of sp³-hybridized carbons (Fsp3) is 0.391. The minimum atomic E-state index is -0.228. The van der Waals surface area contributed by atoms with E-state index in [0.717, 1.165) is 31.5 Å². The van der Waals surface area contributed by atoms with E-state index in [0.29, 0.717) is 24.3 Å². The van der Waals surface area contributed by atoms with Gasteiger partial charge in [-0.2, -0.15) is 0 Å². The number of benzene rings is 2. The first-order valence-electron chi connectivity index (χ1n) is 10.0. The number of anilines is 1. The Hall–Kier alpha value is -2.86. The topological polar surface area (TPSA) is 61.9 Å². The Morgan fingerprint density at radius 1 is 1.10 bits per heavy atom. The van der Waals surface area contributed by atoms with E-state index in [-0.39, 0.29) is 18.0 Å². The van der Waals surface area contributed by atoms with Crippen LogP contribution in [0.15, 0.2) is 54.6 Å². The van der Waals surface area contributed by atoms with Crippen molar-refractivity contribution in [3.05, 3.63) is 65.7 Å². The van der Waals surface area contributed by atoms with E-state index >= 15 is 0 Å². The van der Waals surface area contributed by atoms with Gasteiger partial charge in [0.2, 0.25) is 0 Å². The van der Waals surface area contributed by atoms with Crippen LogP contribution in [0.5, 0.6) is 0 Å². The molecular formula is C23H29N3O3. The third kappa shape index (κ3) is 5.57. The van der Waals surface area contributed by atoms with E-state index < -0.39 is 0 Å². The SMILES string of the molecule is COCC(Cc1ccccc1)N(C)C(=O)Nc1cccc(C(=O)N2CCCC2)c1. The van der Waals surface area contributed by atoms with Crippen LogP contribution in [0.4, 0.5) is 10.5 Å². The molecule has 1 aliphatic heterocycles. The maximum absolute atomic E-state index is 12.8. The van der Waals surface area contributed by atoms with Crippen molar-refractivity contribution in [1.29, 1.82) is 0 Å². The predicted octanol–water partition coefficient (Wildman–Crippen LogP) is 3.64. The lowest BCUT2D eigenvalue weighted by molar-refractivity contribution is 0.0793. The van der Waals surface area contributed by atoms with Gasteiger partial charge in [-0.05, 0) is 43.0 Å². The maximum atomic E-state index is 12.8. The maximum Gasteiger partial charge on any atom is 0.321 e. The minimum absolute atomic E-state index is 0.0216. The lowest BCUT2D eigenvalue weighted by Gasteiger charge is -2.28. The highest BCUT2D eigenvalue weighted by molar-refractivity contribution is 5.97. The Bertz CT molecular complexity index is 819. The third-order valence-corrected chi connectivity index (χ3v) is 5.30. The summed E-state index contributed by atoms with van der Waals surface area (Å²) in [5.74, 6) is 0.0216. The minimum Gasteiger partial charge on any atom is -0.383 e. The molecule has 0 bridgehead atoms. The van der Waals surface area contributed by atoms with Crippen LogP contribution >= 0.6 is 0 Å². The summed E-state index contributed by atoms with van der Waals surface area (Å²) < 4.78 is 5.33. The number of nitrogens with one attached hydrogen (secondary N) is 1. The van der Waals surface area contributed by atoms with Gasteiger partial charge < -0.3 is 19.9 Å². The molecule has 1 aliphatic rings. The van der Waals surface area contributed by atoms with Gasteiger partial charge in [-0.3, -0.25) is 4.79 Å². The van der Waals surface area contributed by atoms with Crippen molar-refractivity contribution < 1.29 is 14.3 Å². The van der Waals surface area contributed by atoms with Gasteiger partial charge in [0.05, 0.1) is 12.6 Å². The van der Waals surface area contributed by atoms with Crippen LogP contribution < -0.4 is 5.32 Å². The molecule has 1 heterocycles. The fourth-order valence-electron chi connectivity index (χ4n) is 3.60. The number of likely N-dealkylation sites (tertiary alicyclic amines) is 1. The lowest BCUT2D eigenvalue weighted by Crippen LogP contribution is -2.43. The zero-order valence-corrected chi connectivity index (χ0v) is 17.1. The number of amides is 3. The van der Waals surface area contributed by atoms with Gasteiger partial charge >= 0.3 is 6.03 Å². The van der Waals surface area contributed by atoms with Crippen molar-refractivity contribution in [2.45, 2.75) is 25.3 Å². The molecule has 1 saturated heterocycles. The van der Waals surface area contributed by atoms with Crippen molar-refractivity contribution in [2.75, 3.05) is 39.2 Å². The highest BCUT2D eigenvalue weighted by Crippen LogP contribution is 2.17. The van der Waals surface area contributed by atoms with Gasteiger partial charge in [-0.15, -0.1) is 0 Å². The number of rotatable bonds is 7. The Kier molecular flexibility index (Phi) is 7.25. The van der Waals surface area contributed by atoms with Crippen molar-refractivity contribution in [3.63, 3.8) is 0 Å². The van der Waals surface area contributed by atoms with Gasteiger partial charge in [0.15, 0.2) is 0 Å². The molecule has 154 valence electrons. The van der Waals surface area contributed by atoms with Gasteiger partial charge in [-0.25, -0.2) is 4.79 Å². The lowest BCUT2D eigenvalue weighted by atomic mass is 10.1. The molecule has 1 N–H and O–H groups in total. The normalized spacial score (nSPS) is 14.5. The first-order chi connectivity index (χ1) is 14.1. The average molecular weight is 396 g/mol. The zero-order chi connectivity index (χ0) is 20.6. The van der Waals surface area contributed by atoms with Crippen molar-refractivity contribution in [2.24, 2.45) is 0 Å². The second-order valence-electron chi connectivity index (χ2n) is 7.42. The van der Waals surface area contributed by atoms with Crippen LogP contribution in [0.1, 0.15) is 28.8 Å². The van der Waals surface area contributed by atoms with E-state index in [2.05, 4.69) is 5.32 Å². The molecule has 3 rings (SSSR count). The quantitative estimate of drug-likeness (QED) is 0.779. The molecule has 1 fully saturated rings. The summed E-state index contributed by atoms with van der Waals surface area (Å²) in [6, 6.07) is 16.9. The number of hydrogen-bond donors (Lipinski definition) is 1. The highest BCUT2D eigenvalue weighted by atomic mass is 16.5. The van der Waals surface area contributed by atoms with Gasteiger partial charge in [0, 0.05) is 38.5 Å². The van der Waals surface area contributed by atoms with E-state index in [1.807, 2.05) is 35.2 Å². The van der Waals surface area contributed by atoms with Crippen molar-refractivity contribution in [1.82, 2.24) is 9.80 Å². The van der Waals surface area contributed by atoms with Crippen LogP contribution in [0.3, 0.4) is 0 Å². The zero-order valence-electron chi connectivity index (χ0n) is 17.1.